The van der Waals surface area contributed by atoms with E-state index in [4.69, 9.17) is 19.4 Å². The van der Waals surface area contributed by atoms with Gasteiger partial charge in [0.05, 0.1) is 42.1 Å². The number of rotatable bonds is 7. The van der Waals surface area contributed by atoms with E-state index in [9.17, 15) is 4.79 Å². The third kappa shape index (κ3) is 4.30. The molecule has 34 heavy (non-hydrogen) atoms. The number of benzene rings is 3. The number of ether oxygens (including phenoxy) is 2. The van der Waals surface area contributed by atoms with Crippen LogP contribution in [0, 0.1) is 0 Å². The summed E-state index contributed by atoms with van der Waals surface area (Å²) in [6, 6.07) is 22.7. The monoisotopic (exact) mass is 487 g/mol. The molecule has 2 aromatic heterocycles. The van der Waals surface area contributed by atoms with E-state index in [1.165, 1.54) is 11.8 Å². The van der Waals surface area contributed by atoms with Gasteiger partial charge in [-0.15, -0.1) is 11.3 Å². The summed E-state index contributed by atoms with van der Waals surface area (Å²) in [5, 5.41) is 4.10. The molecule has 0 aliphatic rings. The minimum absolute atomic E-state index is 0.116. The number of fused-ring (bicyclic) bond motifs is 1. The average molecular weight is 488 g/mol. The molecule has 5 aromatic rings. The predicted octanol–water partition coefficient (Wildman–Crippen LogP) is 5.82. The highest BCUT2D eigenvalue weighted by Gasteiger charge is 2.15. The number of nitrogens with zero attached hydrogens (tertiary/aromatic N) is 3. The van der Waals surface area contributed by atoms with Crippen LogP contribution in [0.5, 0.6) is 11.5 Å². The van der Waals surface area contributed by atoms with E-state index in [2.05, 4.69) is 0 Å². The largest absolute Gasteiger partial charge is 0.497 e. The van der Waals surface area contributed by atoms with Crippen LogP contribution in [0.1, 0.15) is 5.69 Å². The molecule has 0 radical (unpaired) electrons. The molecular weight excluding hydrogens is 466 g/mol. The van der Waals surface area contributed by atoms with E-state index in [1.54, 1.807) is 36.2 Å². The molecular formula is C26H21N3O3S2. The highest BCUT2D eigenvalue weighted by molar-refractivity contribution is 7.98. The summed E-state index contributed by atoms with van der Waals surface area (Å²) in [6.45, 7) is 0. The van der Waals surface area contributed by atoms with Crippen molar-refractivity contribution in [2.24, 2.45) is 0 Å². The zero-order valence-corrected chi connectivity index (χ0v) is 20.2. The molecule has 0 fully saturated rings. The number of methoxy groups -OCH3 is 2. The van der Waals surface area contributed by atoms with E-state index >= 15 is 0 Å². The Kier molecular flexibility index (Phi) is 6.33. The summed E-state index contributed by atoms with van der Waals surface area (Å²) in [5.74, 6) is 2.04. The standard InChI is InChI=1S/C26H21N3O3S2/c1-31-19-9-7-8-18(14-19)29-25(30)20-10-3-5-12-22(20)28-26(29)34-16-17-15-33-24(27-17)21-11-4-6-13-23(21)32-2/h3-15H,16H2,1-2H3. The van der Waals surface area contributed by atoms with Crippen molar-refractivity contribution in [3.63, 3.8) is 0 Å². The van der Waals surface area contributed by atoms with Crippen LogP contribution in [-0.4, -0.2) is 28.8 Å². The molecule has 5 rings (SSSR count). The fourth-order valence-corrected chi connectivity index (χ4v) is 5.50. The van der Waals surface area contributed by atoms with Crippen molar-refractivity contribution in [3.05, 3.63) is 94.2 Å². The van der Waals surface area contributed by atoms with Gasteiger partial charge >= 0.3 is 0 Å². The van der Waals surface area contributed by atoms with E-state index < -0.39 is 0 Å². The van der Waals surface area contributed by atoms with E-state index in [-0.39, 0.29) is 5.56 Å². The highest BCUT2D eigenvalue weighted by atomic mass is 32.2. The maximum Gasteiger partial charge on any atom is 0.266 e. The van der Waals surface area contributed by atoms with Crippen molar-refractivity contribution < 1.29 is 9.47 Å². The van der Waals surface area contributed by atoms with Gasteiger partial charge < -0.3 is 9.47 Å². The van der Waals surface area contributed by atoms with Gasteiger partial charge in [0.25, 0.3) is 5.56 Å². The van der Waals surface area contributed by atoms with Crippen LogP contribution in [0.25, 0.3) is 27.2 Å². The van der Waals surface area contributed by atoms with Crippen molar-refractivity contribution >= 4 is 34.0 Å². The first-order chi connectivity index (χ1) is 16.7. The number of hydrogen-bond acceptors (Lipinski definition) is 7. The Labute approximate surface area is 204 Å². The minimum Gasteiger partial charge on any atom is -0.497 e. The Bertz CT molecular complexity index is 1530. The molecule has 8 heteroatoms. The summed E-state index contributed by atoms with van der Waals surface area (Å²) in [5.41, 5.74) is 3.13. The first-order valence-electron chi connectivity index (χ1n) is 10.5. The van der Waals surface area contributed by atoms with Gasteiger partial charge in [-0.05, 0) is 36.4 Å². The molecule has 0 saturated heterocycles. The van der Waals surface area contributed by atoms with Gasteiger partial charge in [-0.3, -0.25) is 9.36 Å². The van der Waals surface area contributed by atoms with Crippen molar-refractivity contribution in [1.82, 2.24) is 14.5 Å². The van der Waals surface area contributed by atoms with Crippen LogP contribution >= 0.6 is 23.1 Å². The van der Waals surface area contributed by atoms with Gasteiger partial charge in [-0.25, -0.2) is 9.97 Å². The summed E-state index contributed by atoms with van der Waals surface area (Å²) in [7, 11) is 3.27. The second-order valence-electron chi connectivity index (χ2n) is 7.39. The van der Waals surface area contributed by atoms with E-state index in [0.717, 1.165) is 22.0 Å². The molecule has 0 aliphatic carbocycles. The third-order valence-electron chi connectivity index (χ3n) is 5.29. The van der Waals surface area contributed by atoms with Crippen LogP contribution in [0.15, 0.2) is 88.1 Å². The molecule has 0 unspecified atom stereocenters. The molecule has 0 N–H and O–H groups in total. The molecule has 0 spiro atoms. The number of para-hydroxylation sites is 2. The van der Waals surface area contributed by atoms with Gasteiger partial charge in [-0.2, -0.15) is 0 Å². The number of thioether (sulfide) groups is 1. The van der Waals surface area contributed by atoms with Gasteiger partial charge in [-0.1, -0.05) is 42.1 Å². The van der Waals surface area contributed by atoms with Gasteiger partial charge in [0.1, 0.15) is 16.5 Å². The molecule has 2 heterocycles. The number of aromatic nitrogens is 3. The molecule has 170 valence electrons. The summed E-state index contributed by atoms with van der Waals surface area (Å²) in [4.78, 5) is 23.1. The van der Waals surface area contributed by atoms with Crippen LogP contribution in [-0.2, 0) is 5.75 Å². The zero-order chi connectivity index (χ0) is 23.5. The zero-order valence-electron chi connectivity index (χ0n) is 18.6. The van der Waals surface area contributed by atoms with Crippen LogP contribution in [0.4, 0.5) is 0 Å². The maximum absolute atomic E-state index is 13.5. The topological polar surface area (TPSA) is 66.2 Å². The predicted molar refractivity (Wildman–Crippen MR) is 138 cm³/mol. The normalized spacial score (nSPS) is 11.0. The van der Waals surface area contributed by atoms with Crippen molar-refractivity contribution in [3.8, 4) is 27.8 Å². The Balaban J connectivity index is 1.52. The van der Waals surface area contributed by atoms with Crippen molar-refractivity contribution in [2.75, 3.05) is 14.2 Å². The van der Waals surface area contributed by atoms with Crippen molar-refractivity contribution in [1.29, 1.82) is 0 Å². The lowest BCUT2D eigenvalue weighted by Crippen LogP contribution is -2.21. The van der Waals surface area contributed by atoms with Crippen molar-refractivity contribution in [2.45, 2.75) is 10.9 Å². The molecule has 0 bridgehead atoms. The summed E-state index contributed by atoms with van der Waals surface area (Å²) >= 11 is 3.05. The summed E-state index contributed by atoms with van der Waals surface area (Å²) in [6.07, 6.45) is 0. The molecule has 0 saturated carbocycles. The smallest absolute Gasteiger partial charge is 0.266 e. The van der Waals surface area contributed by atoms with Gasteiger partial charge in [0.2, 0.25) is 0 Å². The maximum atomic E-state index is 13.5. The Hall–Kier alpha value is -3.62. The molecule has 0 atom stereocenters. The number of thiazole rings is 1. The first-order valence-corrected chi connectivity index (χ1v) is 12.4. The first kappa shape index (κ1) is 22.2. The Morgan fingerprint density at radius 1 is 0.941 bits per heavy atom. The fourth-order valence-electron chi connectivity index (χ4n) is 3.64. The highest BCUT2D eigenvalue weighted by Crippen LogP contribution is 2.33. The minimum atomic E-state index is -0.116. The Morgan fingerprint density at radius 2 is 1.76 bits per heavy atom. The third-order valence-corrected chi connectivity index (χ3v) is 7.19. The molecule has 0 amide bonds. The summed E-state index contributed by atoms with van der Waals surface area (Å²) < 4.78 is 12.5. The second-order valence-corrected chi connectivity index (χ2v) is 9.19. The lowest BCUT2D eigenvalue weighted by atomic mass is 10.2. The molecule has 3 aromatic carbocycles. The lowest BCUT2D eigenvalue weighted by Gasteiger charge is -2.13. The second kappa shape index (κ2) is 9.70. The quantitative estimate of drug-likeness (QED) is 0.213. The van der Waals surface area contributed by atoms with E-state index in [0.29, 0.717) is 33.2 Å². The fraction of sp³-hybridized carbons (Fsp3) is 0.115. The molecule has 0 aliphatic heterocycles. The van der Waals surface area contributed by atoms with Crippen LogP contribution < -0.4 is 15.0 Å². The van der Waals surface area contributed by atoms with Gasteiger partial charge in [0.15, 0.2) is 5.16 Å². The van der Waals surface area contributed by atoms with Crippen LogP contribution in [0.3, 0.4) is 0 Å². The number of hydrogen-bond donors (Lipinski definition) is 0. The average Bonchev–Trinajstić information content (AvgIpc) is 3.36. The van der Waals surface area contributed by atoms with E-state index in [1.807, 2.05) is 72.1 Å². The SMILES string of the molecule is COc1cccc(-n2c(SCc3csc(-c4ccccc4OC)n3)nc3ccccc3c2=O)c1. The molecule has 6 nitrogen and oxygen atoms in total. The van der Waals surface area contributed by atoms with Crippen LogP contribution in [0.2, 0.25) is 0 Å². The van der Waals surface area contributed by atoms with Gasteiger partial charge in [0, 0.05) is 17.2 Å². The lowest BCUT2D eigenvalue weighted by molar-refractivity contribution is 0.414. The Morgan fingerprint density at radius 3 is 2.62 bits per heavy atom.